The maximum atomic E-state index is 11.5. The van der Waals surface area contributed by atoms with Gasteiger partial charge in [0.1, 0.15) is 6.04 Å². The lowest BCUT2D eigenvalue weighted by molar-refractivity contribution is -0.144. The number of benzene rings is 1. The molecule has 1 saturated heterocycles. The van der Waals surface area contributed by atoms with E-state index in [0.29, 0.717) is 18.5 Å². The van der Waals surface area contributed by atoms with E-state index in [2.05, 4.69) is 5.32 Å². The van der Waals surface area contributed by atoms with Crippen LogP contribution in [0.3, 0.4) is 0 Å². The first-order valence-electron chi connectivity index (χ1n) is 6.89. The van der Waals surface area contributed by atoms with Crippen molar-refractivity contribution in [2.75, 3.05) is 13.6 Å². The molecule has 2 N–H and O–H groups in total. The molecule has 116 valence electrons. The highest BCUT2D eigenvalue weighted by atomic mass is 35.5. The fourth-order valence-electron chi connectivity index (χ4n) is 2.60. The Hall–Kier alpha value is -1.59. The van der Waals surface area contributed by atoms with Crippen molar-refractivity contribution in [2.24, 2.45) is 0 Å². The smallest absolute Gasteiger partial charge is 0.320 e. The maximum absolute atomic E-state index is 11.5. The predicted octanol–water partition coefficient (Wildman–Crippen LogP) is 1.91. The summed E-state index contributed by atoms with van der Waals surface area (Å²) in [7, 11) is 1.60. The van der Waals surface area contributed by atoms with Gasteiger partial charge in [-0.15, -0.1) is 12.4 Å². The number of nitrogens with zero attached hydrogens (tertiary/aromatic N) is 1. The third kappa shape index (κ3) is 4.44. The second kappa shape index (κ2) is 8.00. The third-order valence-corrected chi connectivity index (χ3v) is 3.73. The number of aliphatic carboxylic acids is 1. The zero-order valence-corrected chi connectivity index (χ0v) is 12.9. The minimum Gasteiger partial charge on any atom is -0.480 e. The Morgan fingerprint density at radius 2 is 1.95 bits per heavy atom. The lowest BCUT2D eigenvalue weighted by Gasteiger charge is -2.32. The number of likely N-dealkylation sites (tertiary alicyclic amines) is 1. The molecule has 1 aliphatic heterocycles. The normalized spacial score (nSPS) is 18.6. The van der Waals surface area contributed by atoms with Crippen LogP contribution >= 0.6 is 12.4 Å². The number of carbonyl (C=O) groups is 2. The minimum atomic E-state index is -0.744. The Morgan fingerprint density at radius 1 is 1.29 bits per heavy atom. The molecule has 1 heterocycles. The van der Waals surface area contributed by atoms with E-state index in [1.165, 1.54) is 0 Å². The van der Waals surface area contributed by atoms with Gasteiger partial charge in [0.05, 0.1) is 0 Å². The summed E-state index contributed by atoms with van der Waals surface area (Å²) < 4.78 is 0. The Morgan fingerprint density at radius 3 is 2.52 bits per heavy atom. The summed E-state index contributed by atoms with van der Waals surface area (Å²) in [5.74, 6) is -0.857. The van der Waals surface area contributed by atoms with Gasteiger partial charge in [-0.2, -0.15) is 0 Å². The summed E-state index contributed by atoms with van der Waals surface area (Å²) >= 11 is 0. The van der Waals surface area contributed by atoms with Gasteiger partial charge in [0.25, 0.3) is 5.91 Å². The fourth-order valence-corrected chi connectivity index (χ4v) is 2.60. The van der Waals surface area contributed by atoms with E-state index in [4.69, 9.17) is 0 Å². The SMILES string of the molecule is CNC(=O)c1ccc(CN2CCCCC2C(=O)O)cc1.Cl. The van der Waals surface area contributed by atoms with Crippen LogP contribution in [0.15, 0.2) is 24.3 Å². The highest BCUT2D eigenvalue weighted by molar-refractivity contribution is 5.93. The monoisotopic (exact) mass is 312 g/mol. The van der Waals surface area contributed by atoms with Crippen molar-refractivity contribution in [2.45, 2.75) is 31.8 Å². The van der Waals surface area contributed by atoms with E-state index in [0.717, 1.165) is 24.9 Å². The van der Waals surface area contributed by atoms with Crippen LogP contribution in [0.4, 0.5) is 0 Å². The molecule has 6 heteroatoms. The number of piperidine rings is 1. The number of hydrogen-bond acceptors (Lipinski definition) is 3. The zero-order chi connectivity index (χ0) is 14.5. The molecular weight excluding hydrogens is 292 g/mol. The van der Waals surface area contributed by atoms with Crippen molar-refractivity contribution in [3.8, 4) is 0 Å². The lowest BCUT2D eigenvalue weighted by Crippen LogP contribution is -2.43. The van der Waals surface area contributed by atoms with E-state index >= 15 is 0 Å². The molecule has 1 aromatic rings. The van der Waals surface area contributed by atoms with Crippen molar-refractivity contribution >= 4 is 24.3 Å². The Balaban J connectivity index is 0.00000220. The first-order valence-corrected chi connectivity index (χ1v) is 6.89. The number of amides is 1. The van der Waals surface area contributed by atoms with Gasteiger partial charge < -0.3 is 10.4 Å². The fraction of sp³-hybridized carbons (Fsp3) is 0.467. The molecule has 5 nitrogen and oxygen atoms in total. The first-order chi connectivity index (χ1) is 9.61. The molecule has 2 rings (SSSR count). The van der Waals surface area contributed by atoms with E-state index in [9.17, 15) is 14.7 Å². The van der Waals surface area contributed by atoms with E-state index < -0.39 is 5.97 Å². The van der Waals surface area contributed by atoms with Gasteiger partial charge in [-0.3, -0.25) is 14.5 Å². The minimum absolute atomic E-state index is 0. The van der Waals surface area contributed by atoms with Crippen LogP contribution in [-0.2, 0) is 11.3 Å². The Kier molecular flexibility index (Phi) is 6.65. The van der Waals surface area contributed by atoms with Crippen LogP contribution in [0.2, 0.25) is 0 Å². The number of nitrogens with one attached hydrogen (secondary N) is 1. The first kappa shape index (κ1) is 17.5. The van der Waals surface area contributed by atoms with Crippen molar-refractivity contribution in [1.82, 2.24) is 10.2 Å². The number of rotatable bonds is 4. The van der Waals surface area contributed by atoms with Crippen LogP contribution in [0.1, 0.15) is 35.2 Å². The lowest BCUT2D eigenvalue weighted by atomic mass is 10.0. The molecule has 0 radical (unpaired) electrons. The molecule has 1 amide bonds. The predicted molar refractivity (Wildman–Crippen MR) is 82.8 cm³/mol. The summed E-state index contributed by atoms with van der Waals surface area (Å²) in [5.41, 5.74) is 1.65. The molecule has 1 fully saturated rings. The summed E-state index contributed by atoms with van der Waals surface area (Å²) in [6.45, 7) is 1.43. The standard InChI is InChI=1S/C15H20N2O3.ClH/c1-16-14(18)12-7-5-11(6-8-12)10-17-9-3-2-4-13(17)15(19)20;/h5-8,13H,2-4,9-10H2,1H3,(H,16,18)(H,19,20);1H. The third-order valence-electron chi connectivity index (χ3n) is 3.73. The molecule has 1 unspecified atom stereocenters. The molecule has 1 aliphatic rings. The number of carboxylic acid groups (broad SMARTS) is 1. The molecule has 0 spiro atoms. The van der Waals surface area contributed by atoms with Crippen molar-refractivity contribution in [1.29, 1.82) is 0 Å². The van der Waals surface area contributed by atoms with Crippen LogP contribution in [0.25, 0.3) is 0 Å². The summed E-state index contributed by atoms with van der Waals surface area (Å²) in [6, 6.07) is 6.93. The number of hydrogen-bond donors (Lipinski definition) is 2. The van der Waals surface area contributed by atoms with E-state index in [1.54, 1.807) is 19.2 Å². The number of halogens is 1. The summed E-state index contributed by atoms with van der Waals surface area (Å²) in [4.78, 5) is 24.7. The largest absolute Gasteiger partial charge is 0.480 e. The molecule has 0 bridgehead atoms. The zero-order valence-electron chi connectivity index (χ0n) is 12.0. The van der Waals surface area contributed by atoms with Gasteiger partial charge >= 0.3 is 5.97 Å². The van der Waals surface area contributed by atoms with Crippen molar-refractivity contribution in [3.63, 3.8) is 0 Å². The van der Waals surface area contributed by atoms with Crippen LogP contribution in [0.5, 0.6) is 0 Å². The van der Waals surface area contributed by atoms with Gasteiger partial charge in [0, 0.05) is 19.2 Å². The van der Waals surface area contributed by atoms with Crippen LogP contribution in [-0.4, -0.2) is 41.5 Å². The molecule has 0 aliphatic carbocycles. The van der Waals surface area contributed by atoms with Gasteiger partial charge in [0.2, 0.25) is 0 Å². The van der Waals surface area contributed by atoms with E-state index in [1.807, 2.05) is 17.0 Å². The van der Waals surface area contributed by atoms with Crippen molar-refractivity contribution < 1.29 is 14.7 Å². The Bertz CT molecular complexity index is 490. The van der Waals surface area contributed by atoms with Gasteiger partial charge in [-0.25, -0.2) is 0 Å². The van der Waals surface area contributed by atoms with Gasteiger partial charge in [-0.1, -0.05) is 18.6 Å². The second-order valence-electron chi connectivity index (χ2n) is 5.10. The molecule has 1 aromatic carbocycles. The summed E-state index contributed by atoms with van der Waals surface area (Å²) in [5, 5.41) is 11.8. The van der Waals surface area contributed by atoms with E-state index in [-0.39, 0.29) is 24.4 Å². The average Bonchev–Trinajstić information content (AvgIpc) is 2.47. The van der Waals surface area contributed by atoms with Gasteiger partial charge in [0.15, 0.2) is 0 Å². The summed E-state index contributed by atoms with van der Waals surface area (Å²) in [6.07, 6.45) is 2.73. The highest BCUT2D eigenvalue weighted by Gasteiger charge is 2.28. The topological polar surface area (TPSA) is 69.6 Å². The molecule has 0 saturated carbocycles. The van der Waals surface area contributed by atoms with Crippen LogP contribution < -0.4 is 5.32 Å². The maximum Gasteiger partial charge on any atom is 0.320 e. The number of carboxylic acids is 1. The molecule has 0 aromatic heterocycles. The molecule has 1 atom stereocenters. The van der Waals surface area contributed by atoms with Crippen molar-refractivity contribution in [3.05, 3.63) is 35.4 Å². The number of carbonyl (C=O) groups excluding carboxylic acids is 1. The second-order valence-corrected chi connectivity index (χ2v) is 5.10. The van der Waals surface area contributed by atoms with Gasteiger partial charge in [-0.05, 0) is 37.1 Å². The molecule has 21 heavy (non-hydrogen) atoms. The highest BCUT2D eigenvalue weighted by Crippen LogP contribution is 2.20. The quantitative estimate of drug-likeness (QED) is 0.891. The Labute approximate surface area is 130 Å². The average molecular weight is 313 g/mol. The van der Waals surface area contributed by atoms with Crippen LogP contribution in [0, 0.1) is 0 Å². The molecular formula is C15H21ClN2O3.